The molecule has 98 valence electrons. The first-order chi connectivity index (χ1) is 8.97. The van der Waals surface area contributed by atoms with Gasteiger partial charge in [0.25, 0.3) is 11.1 Å². The molecule has 0 unspecified atom stereocenters. The summed E-state index contributed by atoms with van der Waals surface area (Å²) in [5, 5.41) is 11.1. The van der Waals surface area contributed by atoms with Gasteiger partial charge in [-0.15, -0.1) is 0 Å². The minimum Gasteiger partial charge on any atom is -0.478 e. The average Bonchev–Trinajstić information content (AvgIpc) is 2.36. The summed E-state index contributed by atoms with van der Waals surface area (Å²) >= 11 is 0. The van der Waals surface area contributed by atoms with E-state index in [4.69, 9.17) is 5.11 Å². The molecule has 6 nitrogen and oxygen atoms in total. The molecule has 0 aliphatic heterocycles. The Balaban J connectivity index is 2.41. The maximum absolute atomic E-state index is 13.2. The van der Waals surface area contributed by atoms with Gasteiger partial charge >= 0.3 is 5.97 Å². The molecule has 0 aliphatic carbocycles. The van der Waals surface area contributed by atoms with Gasteiger partial charge in [0, 0.05) is 12.1 Å². The molecular formula is C12H9FN2O4. The van der Waals surface area contributed by atoms with E-state index < -0.39 is 28.5 Å². The van der Waals surface area contributed by atoms with Crippen molar-refractivity contribution in [3.8, 4) is 0 Å². The number of rotatable bonds is 3. The molecule has 2 rings (SSSR count). The summed E-state index contributed by atoms with van der Waals surface area (Å²) in [6.45, 7) is -0.0462. The monoisotopic (exact) mass is 264 g/mol. The number of aromatic nitrogens is 2. The van der Waals surface area contributed by atoms with E-state index in [1.807, 2.05) is 0 Å². The second kappa shape index (κ2) is 4.89. The molecule has 0 atom stereocenters. The Morgan fingerprint density at radius 2 is 2.00 bits per heavy atom. The van der Waals surface area contributed by atoms with Crippen molar-refractivity contribution in [3.63, 3.8) is 0 Å². The van der Waals surface area contributed by atoms with Crippen molar-refractivity contribution in [1.29, 1.82) is 0 Å². The third-order valence-corrected chi connectivity index (χ3v) is 2.49. The standard InChI is InChI=1S/C12H9FN2O4/c13-9-2-1-7(5-8(9)12(18)19)6-15-11(17)4-3-10(16)14-15/h1-5H,6H2,(H,14,16)(H,18,19). The topological polar surface area (TPSA) is 92.2 Å². The molecule has 0 aliphatic rings. The Morgan fingerprint density at radius 1 is 1.26 bits per heavy atom. The molecule has 2 N–H and O–H groups in total. The molecule has 0 fully saturated rings. The van der Waals surface area contributed by atoms with Crippen LogP contribution >= 0.6 is 0 Å². The number of hydrogen-bond acceptors (Lipinski definition) is 3. The SMILES string of the molecule is O=C(O)c1cc(Cn2[nH]c(=O)ccc2=O)ccc1F. The predicted molar refractivity (Wildman–Crippen MR) is 63.8 cm³/mol. The summed E-state index contributed by atoms with van der Waals surface area (Å²) < 4.78 is 14.2. The van der Waals surface area contributed by atoms with E-state index in [0.717, 1.165) is 28.9 Å². The highest BCUT2D eigenvalue weighted by Crippen LogP contribution is 2.11. The highest BCUT2D eigenvalue weighted by Gasteiger charge is 2.11. The summed E-state index contributed by atoms with van der Waals surface area (Å²) in [5.41, 5.74) is -0.993. The first-order valence-corrected chi connectivity index (χ1v) is 5.29. The molecule has 2 aromatic rings. The Morgan fingerprint density at radius 3 is 2.68 bits per heavy atom. The lowest BCUT2D eigenvalue weighted by Gasteiger charge is -2.06. The molecular weight excluding hydrogens is 255 g/mol. The predicted octanol–water partition coefficient (Wildman–Crippen LogP) is 0.422. The second-order valence-electron chi connectivity index (χ2n) is 3.85. The van der Waals surface area contributed by atoms with Gasteiger partial charge in [-0.1, -0.05) is 6.07 Å². The van der Waals surface area contributed by atoms with E-state index in [1.165, 1.54) is 6.07 Å². The Bertz CT molecular complexity index is 748. The van der Waals surface area contributed by atoms with E-state index in [0.29, 0.717) is 5.56 Å². The molecule has 0 bridgehead atoms. The molecule has 7 heteroatoms. The fourth-order valence-electron chi connectivity index (χ4n) is 1.60. The van der Waals surface area contributed by atoms with Crippen LogP contribution in [-0.2, 0) is 6.54 Å². The third-order valence-electron chi connectivity index (χ3n) is 2.49. The number of aromatic amines is 1. The van der Waals surface area contributed by atoms with Gasteiger partial charge in [0.1, 0.15) is 5.82 Å². The highest BCUT2D eigenvalue weighted by molar-refractivity contribution is 5.88. The van der Waals surface area contributed by atoms with Crippen molar-refractivity contribution in [2.75, 3.05) is 0 Å². The Labute approximate surface area is 105 Å². The van der Waals surface area contributed by atoms with Crippen molar-refractivity contribution >= 4 is 5.97 Å². The Hall–Kier alpha value is -2.70. The minimum absolute atomic E-state index is 0.0462. The van der Waals surface area contributed by atoms with Gasteiger partial charge in [-0.2, -0.15) is 0 Å². The van der Waals surface area contributed by atoms with Gasteiger partial charge in [-0.05, 0) is 17.7 Å². The van der Waals surface area contributed by atoms with Crippen LogP contribution < -0.4 is 11.1 Å². The van der Waals surface area contributed by atoms with Gasteiger partial charge in [-0.3, -0.25) is 14.7 Å². The number of carboxylic acid groups (broad SMARTS) is 1. The summed E-state index contributed by atoms with van der Waals surface area (Å²) in [7, 11) is 0. The first-order valence-electron chi connectivity index (χ1n) is 5.29. The van der Waals surface area contributed by atoms with Crippen LogP contribution in [0.3, 0.4) is 0 Å². The molecule has 0 spiro atoms. The molecule has 1 aromatic heterocycles. The molecule has 0 saturated carbocycles. The number of aromatic carboxylic acids is 1. The third kappa shape index (κ3) is 2.76. The zero-order valence-electron chi connectivity index (χ0n) is 9.59. The summed E-state index contributed by atoms with van der Waals surface area (Å²) in [4.78, 5) is 33.3. The van der Waals surface area contributed by atoms with Gasteiger partial charge in [0.05, 0.1) is 12.1 Å². The van der Waals surface area contributed by atoms with Crippen LogP contribution in [0.1, 0.15) is 15.9 Å². The smallest absolute Gasteiger partial charge is 0.338 e. The van der Waals surface area contributed by atoms with Crippen molar-refractivity contribution in [1.82, 2.24) is 9.78 Å². The summed E-state index contributed by atoms with van der Waals surface area (Å²) in [6, 6.07) is 5.66. The highest BCUT2D eigenvalue weighted by atomic mass is 19.1. The zero-order valence-corrected chi connectivity index (χ0v) is 9.59. The van der Waals surface area contributed by atoms with Crippen LogP contribution in [0.25, 0.3) is 0 Å². The molecule has 19 heavy (non-hydrogen) atoms. The quantitative estimate of drug-likeness (QED) is 0.840. The average molecular weight is 264 g/mol. The fraction of sp³-hybridized carbons (Fsp3) is 0.0833. The van der Waals surface area contributed by atoms with Crippen molar-refractivity contribution in [2.24, 2.45) is 0 Å². The largest absolute Gasteiger partial charge is 0.478 e. The first kappa shape index (κ1) is 12.7. The fourth-order valence-corrected chi connectivity index (χ4v) is 1.60. The van der Waals surface area contributed by atoms with Gasteiger partial charge in [0.15, 0.2) is 0 Å². The molecule has 1 heterocycles. The van der Waals surface area contributed by atoms with Crippen LogP contribution in [0.15, 0.2) is 39.9 Å². The lowest BCUT2D eigenvalue weighted by atomic mass is 10.1. The lowest BCUT2D eigenvalue weighted by Crippen LogP contribution is -2.28. The molecule has 0 radical (unpaired) electrons. The maximum Gasteiger partial charge on any atom is 0.338 e. The van der Waals surface area contributed by atoms with Crippen LogP contribution in [0.2, 0.25) is 0 Å². The lowest BCUT2D eigenvalue weighted by molar-refractivity contribution is 0.0691. The van der Waals surface area contributed by atoms with Crippen LogP contribution in [0.5, 0.6) is 0 Å². The van der Waals surface area contributed by atoms with E-state index in [2.05, 4.69) is 5.10 Å². The van der Waals surface area contributed by atoms with Crippen molar-refractivity contribution in [2.45, 2.75) is 6.54 Å². The normalized spacial score (nSPS) is 10.4. The van der Waals surface area contributed by atoms with Crippen LogP contribution in [-0.4, -0.2) is 20.9 Å². The van der Waals surface area contributed by atoms with Crippen LogP contribution in [0.4, 0.5) is 4.39 Å². The Kier molecular flexibility index (Phi) is 3.28. The number of nitrogens with one attached hydrogen (secondary N) is 1. The molecule has 0 amide bonds. The number of nitrogens with zero attached hydrogens (tertiary/aromatic N) is 1. The van der Waals surface area contributed by atoms with Gasteiger partial charge < -0.3 is 5.11 Å². The summed E-state index contributed by atoms with van der Waals surface area (Å²) in [5.74, 6) is -2.25. The number of halogens is 1. The maximum atomic E-state index is 13.2. The van der Waals surface area contributed by atoms with E-state index in [-0.39, 0.29) is 6.54 Å². The van der Waals surface area contributed by atoms with E-state index in [9.17, 15) is 18.8 Å². The number of benzene rings is 1. The number of carbonyl (C=O) groups is 1. The van der Waals surface area contributed by atoms with Crippen molar-refractivity contribution in [3.05, 3.63) is 68.0 Å². The second-order valence-corrected chi connectivity index (χ2v) is 3.85. The molecule has 1 aromatic carbocycles. The van der Waals surface area contributed by atoms with E-state index >= 15 is 0 Å². The van der Waals surface area contributed by atoms with Gasteiger partial charge in [-0.25, -0.2) is 13.9 Å². The van der Waals surface area contributed by atoms with Crippen LogP contribution in [0, 0.1) is 5.82 Å². The molecule has 0 saturated heterocycles. The van der Waals surface area contributed by atoms with Gasteiger partial charge in [0.2, 0.25) is 0 Å². The summed E-state index contributed by atoms with van der Waals surface area (Å²) in [6.07, 6.45) is 0. The minimum atomic E-state index is -1.40. The van der Waals surface area contributed by atoms with Crippen molar-refractivity contribution < 1.29 is 14.3 Å². The number of hydrogen-bond donors (Lipinski definition) is 2. The number of carboxylic acids is 1. The zero-order chi connectivity index (χ0) is 14.0. The van der Waals surface area contributed by atoms with E-state index in [1.54, 1.807) is 0 Å². The number of H-pyrrole nitrogens is 1.